The number of nitrogens with zero attached hydrogens (tertiary/aromatic N) is 2. The quantitative estimate of drug-likeness (QED) is 0.858. The molecule has 3 rings (SSSR count). The van der Waals surface area contributed by atoms with E-state index >= 15 is 0 Å². The topological polar surface area (TPSA) is 63.7 Å². The number of morpholine rings is 1. The molecule has 1 amide bonds. The van der Waals surface area contributed by atoms with Crippen molar-refractivity contribution in [2.24, 2.45) is 0 Å². The first-order chi connectivity index (χ1) is 11.2. The summed E-state index contributed by atoms with van der Waals surface area (Å²) in [5.41, 5.74) is 2.04. The van der Waals surface area contributed by atoms with Gasteiger partial charge in [0.05, 0.1) is 26.0 Å². The Balaban J connectivity index is 1.82. The molecule has 0 bridgehead atoms. The van der Waals surface area contributed by atoms with Crippen molar-refractivity contribution >= 4 is 44.5 Å². The number of hydrogen-bond donors (Lipinski definition) is 1. The van der Waals surface area contributed by atoms with Gasteiger partial charge in [-0.1, -0.05) is 0 Å². The summed E-state index contributed by atoms with van der Waals surface area (Å²) in [4.78, 5) is 18.7. The minimum absolute atomic E-state index is 0.260. The van der Waals surface area contributed by atoms with Gasteiger partial charge in [0.25, 0.3) is 5.91 Å². The van der Waals surface area contributed by atoms with Gasteiger partial charge < -0.3 is 19.7 Å². The summed E-state index contributed by atoms with van der Waals surface area (Å²) >= 11 is 4.63. The van der Waals surface area contributed by atoms with Gasteiger partial charge in [-0.25, -0.2) is 4.98 Å². The van der Waals surface area contributed by atoms with Crippen LogP contribution in [0.5, 0.6) is 5.75 Å². The van der Waals surface area contributed by atoms with Crippen LogP contribution in [0.2, 0.25) is 0 Å². The summed E-state index contributed by atoms with van der Waals surface area (Å²) in [6, 6.07) is 5.76. The Morgan fingerprint density at radius 1 is 1.43 bits per heavy atom. The largest absolute Gasteiger partial charge is 0.495 e. The van der Waals surface area contributed by atoms with Crippen LogP contribution in [0.1, 0.15) is 10.5 Å². The molecular weight excluding hydrogens is 382 g/mol. The van der Waals surface area contributed by atoms with E-state index in [2.05, 4.69) is 31.1 Å². The fourth-order valence-corrected chi connectivity index (χ4v) is 3.35. The van der Waals surface area contributed by atoms with Crippen LogP contribution in [0.25, 0.3) is 0 Å². The molecular formula is C15H16BrN3O3S. The van der Waals surface area contributed by atoms with Gasteiger partial charge >= 0.3 is 0 Å². The molecule has 0 spiro atoms. The Bertz CT molecular complexity index is 701. The monoisotopic (exact) mass is 397 g/mol. The van der Waals surface area contributed by atoms with Crippen molar-refractivity contribution in [2.45, 2.75) is 0 Å². The first-order valence-corrected chi connectivity index (χ1v) is 8.78. The standard InChI is InChI=1S/C15H16BrN3O3S/c1-21-13-3-2-10(19-4-6-22-7-5-19)8-11(13)17-14(20)12-9-23-15(16)18-12/h2-3,8-9H,4-7H2,1H3,(H,17,20). The number of anilines is 2. The van der Waals surface area contributed by atoms with Crippen LogP contribution in [0.3, 0.4) is 0 Å². The highest BCUT2D eigenvalue weighted by atomic mass is 79.9. The molecule has 2 aromatic rings. The number of aromatic nitrogens is 1. The predicted molar refractivity (Wildman–Crippen MR) is 93.8 cm³/mol. The number of carbonyl (C=O) groups excluding carboxylic acids is 1. The van der Waals surface area contributed by atoms with E-state index in [1.165, 1.54) is 11.3 Å². The fourth-order valence-electron chi connectivity index (χ4n) is 2.35. The van der Waals surface area contributed by atoms with Gasteiger partial charge in [-0.05, 0) is 34.1 Å². The Morgan fingerprint density at radius 3 is 2.87 bits per heavy atom. The number of ether oxygens (including phenoxy) is 2. The lowest BCUT2D eigenvalue weighted by Gasteiger charge is -2.29. The maximum atomic E-state index is 12.3. The molecule has 1 saturated heterocycles. The average molecular weight is 398 g/mol. The summed E-state index contributed by atoms with van der Waals surface area (Å²) in [6.45, 7) is 3.08. The maximum Gasteiger partial charge on any atom is 0.275 e. The maximum absolute atomic E-state index is 12.3. The number of nitrogens with one attached hydrogen (secondary N) is 1. The zero-order valence-corrected chi connectivity index (χ0v) is 14.9. The average Bonchev–Trinajstić information content (AvgIpc) is 3.02. The molecule has 0 aliphatic carbocycles. The minimum atomic E-state index is -0.260. The van der Waals surface area contributed by atoms with Gasteiger partial charge in [0.15, 0.2) is 3.92 Å². The third-order valence-corrected chi connectivity index (χ3v) is 4.88. The summed E-state index contributed by atoms with van der Waals surface area (Å²) < 4.78 is 11.4. The fraction of sp³-hybridized carbons (Fsp3) is 0.333. The van der Waals surface area contributed by atoms with Crippen LogP contribution in [-0.2, 0) is 4.74 Å². The predicted octanol–water partition coefficient (Wildman–Crippen LogP) is 3.00. The normalized spacial score (nSPS) is 14.6. The van der Waals surface area contributed by atoms with E-state index in [-0.39, 0.29) is 5.91 Å². The SMILES string of the molecule is COc1ccc(N2CCOCC2)cc1NC(=O)c1csc(Br)n1. The first kappa shape index (κ1) is 16.2. The third-order valence-electron chi connectivity index (χ3n) is 3.52. The van der Waals surface area contributed by atoms with Crippen LogP contribution in [0.15, 0.2) is 27.5 Å². The number of rotatable bonds is 4. The van der Waals surface area contributed by atoms with Crippen molar-refractivity contribution in [3.8, 4) is 5.75 Å². The number of carbonyl (C=O) groups is 1. The molecule has 1 aromatic heterocycles. The molecule has 23 heavy (non-hydrogen) atoms. The molecule has 122 valence electrons. The molecule has 1 aliphatic heterocycles. The number of methoxy groups -OCH3 is 1. The zero-order chi connectivity index (χ0) is 16.2. The van der Waals surface area contributed by atoms with Crippen molar-refractivity contribution in [1.82, 2.24) is 4.98 Å². The molecule has 0 saturated carbocycles. The highest BCUT2D eigenvalue weighted by Crippen LogP contribution is 2.30. The Kier molecular flexibility index (Phi) is 5.14. The van der Waals surface area contributed by atoms with Crippen LogP contribution < -0.4 is 15.0 Å². The van der Waals surface area contributed by atoms with Gasteiger partial charge in [-0.2, -0.15) is 0 Å². The highest BCUT2D eigenvalue weighted by Gasteiger charge is 2.16. The second kappa shape index (κ2) is 7.29. The Labute approximate surface area is 146 Å². The number of benzene rings is 1. The van der Waals surface area contributed by atoms with E-state index in [9.17, 15) is 4.79 Å². The van der Waals surface area contributed by atoms with Crippen molar-refractivity contribution < 1.29 is 14.3 Å². The zero-order valence-electron chi connectivity index (χ0n) is 12.5. The molecule has 0 unspecified atom stereocenters. The minimum Gasteiger partial charge on any atom is -0.495 e. The number of halogens is 1. The van der Waals surface area contributed by atoms with Gasteiger partial charge in [0, 0.05) is 24.2 Å². The van der Waals surface area contributed by atoms with E-state index < -0.39 is 0 Å². The van der Waals surface area contributed by atoms with Crippen molar-refractivity contribution in [1.29, 1.82) is 0 Å². The molecule has 0 atom stereocenters. The summed E-state index contributed by atoms with van der Waals surface area (Å²) in [5.74, 6) is 0.356. The van der Waals surface area contributed by atoms with E-state index in [0.29, 0.717) is 34.3 Å². The van der Waals surface area contributed by atoms with E-state index in [0.717, 1.165) is 18.8 Å². The molecule has 1 N–H and O–H groups in total. The summed E-state index contributed by atoms with van der Waals surface area (Å²) in [7, 11) is 1.58. The second-order valence-electron chi connectivity index (χ2n) is 4.92. The lowest BCUT2D eigenvalue weighted by molar-refractivity contribution is 0.102. The molecule has 8 heteroatoms. The first-order valence-electron chi connectivity index (χ1n) is 7.10. The van der Waals surface area contributed by atoms with Crippen LogP contribution in [0, 0.1) is 0 Å². The Morgan fingerprint density at radius 2 is 2.22 bits per heavy atom. The molecule has 0 radical (unpaired) electrons. The highest BCUT2D eigenvalue weighted by molar-refractivity contribution is 9.11. The van der Waals surface area contributed by atoms with Crippen molar-refractivity contribution in [3.05, 3.63) is 33.2 Å². The summed E-state index contributed by atoms with van der Waals surface area (Å²) in [5, 5.41) is 4.58. The van der Waals surface area contributed by atoms with Crippen LogP contribution in [0.4, 0.5) is 11.4 Å². The molecule has 1 aromatic carbocycles. The van der Waals surface area contributed by atoms with Crippen molar-refractivity contribution in [3.63, 3.8) is 0 Å². The van der Waals surface area contributed by atoms with E-state index in [4.69, 9.17) is 9.47 Å². The summed E-state index contributed by atoms with van der Waals surface area (Å²) in [6.07, 6.45) is 0. The van der Waals surface area contributed by atoms with Crippen LogP contribution in [-0.4, -0.2) is 44.3 Å². The van der Waals surface area contributed by atoms with Gasteiger partial charge in [0.1, 0.15) is 11.4 Å². The molecule has 1 fully saturated rings. The smallest absolute Gasteiger partial charge is 0.275 e. The number of thiazole rings is 1. The van der Waals surface area contributed by atoms with Crippen molar-refractivity contribution in [2.75, 3.05) is 43.6 Å². The lowest BCUT2D eigenvalue weighted by atomic mass is 10.2. The van der Waals surface area contributed by atoms with E-state index in [1.54, 1.807) is 12.5 Å². The lowest BCUT2D eigenvalue weighted by Crippen LogP contribution is -2.36. The number of hydrogen-bond acceptors (Lipinski definition) is 6. The molecule has 2 heterocycles. The molecule has 6 nitrogen and oxygen atoms in total. The number of amides is 1. The molecule has 1 aliphatic rings. The van der Waals surface area contributed by atoms with Gasteiger partial charge in [-0.15, -0.1) is 11.3 Å². The van der Waals surface area contributed by atoms with Crippen LogP contribution >= 0.6 is 27.3 Å². The van der Waals surface area contributed by atoms with E-state index in [1.807, 2.05) is 18.2 Å². The second-order valence-corrected chi connectivity index (χ2v) is 7.06. The van der Waals surface area contributed by atoms with Gasteiger partial charge in [0.2, 0.25) is 0 Å². The Hall–Kier alpha value is -1.64. The third kappa shape index (κ3) is 3.82. The van der Waals surface area contributed by atoms with Gasteiger partial charge in [-0.3, -0.25) is 4.79 Å².